The summed E-state index contributed by atoms with van der Waals surface area (Å²) in [7, 11) is 1.67. The first-order valence-corrected chi connectivity index (χ1v) is 9.91. The topological polar surface area (TPSA) is 41.6 Å². The van der Waals surface area contributed by atoms with Gasteiger partial charge in [0.05, 0.1) is 7.11 Å². The van der Waals surface area contributed by atoms with Gasteiger partial charge < -0.3 is 15.0 Å². The molecule has 0 unspecified atom stereocenters. The van der Waals surface area contributed by atoms with E-state index in [2.05, 4.69) is 52.7 Å². The van der Waals surface area contributed by atoms with Crippen molar-refractivity contribution in [1.82, 2.24) is 10.2 Å². The third-order valence-electron chi connectivity index (χ3n) is 5.39. The molecule has 1 heterocycles. The van der Waals surface area contributed by atoms with Gasteiger partial charge in [0.2, 0.25) is 5.91 Å². The van der Waals surface area contributed by atoms with E-state index >= 15 is 0 Å². The predicted molar refractivity (Wildman–Crippen MR) is 109 cm³/mol. The summed E-state index contributed by atoms with van der Waals surface area (Å²) in [4.78, 5) is 14.9. The number of likely N-dealkylation sites (tertiary alicyclic amines) is 1. The fourth-order valence-corrected chi connectivity index (χ4v) is 3.62. The Balaban J connectivity index is 1.33. The normalized spacial score (nSPS) is 15.4. The zero-order valence-electron chi connectivity index (χ0n) is 16.2. The van der Waals surface area contributed by atoms with Crippen LogP contribution in [0.3, 0.4) is 0 Å². The zero-order chi connectivity index (χ0) is 18.9. The molecule has 0 atom stereocenters. The maximum absolute atomic E-state index is 12.4. The summed E-state index contributed by atoms with van der Waals surface area (Å²) in [5.74, 6) is 1.24. The van der Waals surface area contributed by atoms with Crippen molar-refractivity contribution < 1.29 is 9.53 Å². The molecular weight excluding hydrogens is 336 g/mol. The van der Waals surface area contributed by atoms with Crippen LogP contribution in [-0.4, -0.2) is 44.1 Å². The lowest BCUT2D eigenvalue weighted by molar-refractivity contribution is -0.126. The molecule has 1 saturated heterocycles. The van der Waals surface area contributed by atoms with Crippen molar-refractivity contribution in [2.24, 2.45) is 5.92 Å². The molecule has 0 bridgehead atoms. The first-order valence-electron chi connectivity index (χ1n) is 9.91. The molecule has 1 fully saturated rings. The summed E-state index contributed by atoms with van der Waals surface area (Å²) in [6.45, 7) is 3.81. The van der Waals surface area contributed by atoms with Gasteiger partial charge >= 0.3 is 0 Å². The van der Waals surface area contributed by atoms with E-state index in [-0.39, 0.29) is 11.8 Å². The molecule has 0 saturated carbocycles. The maximum atomic E-state index is 12.4. The van der Waals surface area contributed by atoms with Crippen molar-refractivity contribution in [3.63, 3.8) is 0 Å². The Kier molecular flexibility index (Phi) is 7.28. The molecule has 1 N–H and O–H groups in total. The maximum Gasteiger partial charge on any atom is 0.223 e. The zero-order valence-corrected chi connectivity index (χ0v) is 16.2. The minimum Gasteiger partial charge on any atom is -0.497 e. The third kappa shape index (κ3) is 6.10. The fraction of sp³-hybridized carbons (Fsp3) is 0.435. The number of benzene rings is 2. The lowest BCUT2D eigenvalue weighted by Gasteiger charge is -2.31. The standard InChI is InChI=1S/C23H30N2O2/c1-27-22-9-7-20(8-10-22)11-15-24-23(26)21-13-17-25(18-14-21)16-12-19-5-3-2-4-6-19/h2-10,21H,11-18H2,1H3,(H,24,26). The number of hydrogen-bond donors (Lipinski definition) is 1. The molecule has 0 aromatic heterocycles. The van der Waals surface area contributed by atoms with E-state index in [0.717, 1.165) is 51.1 Å². The van der Waals surface area contributed by atoms with Gasteiger partial charge in [-0.05, 0) is 62.0 Å². The highest BCUT2D eigenvalue weighted by Crippen LogP contribution is 2.18. The lowest BCUT2D eigenvalue weighted by atomic mass is 9.95. The van der Waals surface area contributed by atoms with Gasteiger partial charge in [0.15, 0.2) is 0 Å². The summed E-state index contributed by atoms with van der Waals surface area (Å²) in [5, 5.41) is 3.11. The number of piperidine rings is 1. The second-order valence-corrected chi connectivity index (χ2v) is 7.24. The van der Waals surface area contributed by atoms with E-state index in [1.807, 2.05) is 12.1 Å². The van der Waals surface area contributed by atoms with Crippen molar-refractivity contribution in [2.75, 3.05) is 33.3 Å². The molecule has 1 aliphatic heterocycles. The molecule has 0 aliphatic carbocycles. The van der Waals surface area contributed by atoms with Crippen molar-refractivity contribution in [1.29, 1.82) is 0 Å². The molecule has 144 valence electrons. The van der Waals surface area contributed by atoms with Crippen molar-refractivity contribution in [2.45, 2.75) is 25.7 Å². The smallest absolute Gasteiger partial charge is 0.223 e. The Morgan fingerprint density at radius 3 is 2.33 bits per heavy atom. The molecule has 4 nitrogen and oxygen atoms in total. The number of rotatable bonds is 8. The summed E-state index contributed by atoms with van der Waals surface area (Å²) in [5.41, 5.74) is 2.60. The molecule has 2 aromatic rings. The summed E-state index contributed by atoms with van der Waals surface area (Å²) >= 11 is 0. The molecular formula is C23H30N2O2. The molecule has 27 heavy (non-hydrogen) atoms. The Morgan fingerprint density at radius 1 is 1.00 bits per heavy atom. The average Bonchev–Trinajstić information content (AvgIpc) is 2.74. The first kappa shape index (κ1) is 19.4. The number of methoxy groups -OCH3 is 1. The minimum absolute atomic E-state index is 0.161. The molecule has 1 amide bonds. The van der Waals surface area contributed by atoms with Crippen LogP contribution in [0.1, 0.15) is 24.0 Å². The molecule has 4 heteroatoms. The van der Waals surface area contributed by atoms with Gasteiger partial charge in [-0.25, -0.2) is 0 Å². The van der Waals surface area contributed by atoms with Crippen LogP contribution in [0.5, 0.6) is 5.75 Å². The van der Waals surface area contributed by atoms with Gasteiger partial charge in [0.1, 0.15) is 5.75 Å². The highest BCUT2D eigenvalue weighted by atomic mass is 16.5. The predicted octanol–water partition coefficient (Wildman–Crippen LogP) is 3.31. The Hall–Kier alpha value is -2.33. The number of carbonyl (C=O) groups is 1. The van der Waals surface area contributed by atoms with Crippen LogP contribution in [0.4, 0.5) is 0 Å². The van der Waals surface area contributed by atoms with Gasteiger partial charge in [-0.15, -0.1) is 0 Å². The highest BCUT2D eigenvalue weighted by molar-refractivity contribution is 5.78. The highest BCUT2D eigenvalue weighted by Gasteiger charge is 2.24. The SMILES string of the molecule is COc1ccc(CCNC(=O)C2CCN(CCc3ccccc3)CC2)cc1. The van der Waals surface area contributed by atoms with E-state index in [0.29, 0.717) is 6.54 Å². The number of nitrogens with one attached hydrogen (secondary N) is 1. The van der Waals surface area contributed by atoms with Crippen molar-refractivity contribution >= 4 is 5.91 Å². The Labute approximate surface area is 162 Å². The molecule has 0 spiro atoms. The van der Waals surface area contributed by atoms with E-state index < -0.39 is 0 Å². The first-order chi connectivity index (χ1) is 13.2. The summed E-state index contributed by atoms with van der Waals surface area (Å²) in [6.07, 6.45) is 3.86. The van der Waals surface area contributed by atoms with Gasteiger partial charge in [-0.3, -0.25) is 4.79 Å². The van der Waals surface area contributed by atoms with E-state index in [1.165, 1.54) is 11.1 Å². The van der Waals surface area contributed by atoms with Gasteiger partial charge in [-0.2, -0.15) is 0 Å². The van der Waals surface area contributed by atoms with Gasteiger partial charge in [0, 0.05) is 19.0 Å². The molecule has 1 aliphatic rings. The van der Waals surface area contributed by atoms with Crippen LogP contribution >= 0.6 is 0 Å². The van der Waals surface area contributed by atoms with Crippen molar-refractivity contribution in [3.05, 3.63) is 65.7 Å². The summed E-state index contributed by atoms with van der Waals surface area (Å²) in [6, 6.07) is 18.6. The molecule has 0 radical (unpaired) electrons. The Bertz CT molecular complexity index is 692. The Morgan fingerprint density at radius 2 is 1.67 bits per heavy atom. The number of ether oxygens (including phenoxy) is 1. The summed E-state index contributed by atoms with van der Waals surface area (Å²) < 4.78 is 5.17. The number of hydrogen-bond acceptors (Lipinski definition) is 3. The van der Waals surface area contributed by atoms with E-state index in [4.69, 9.17) is 4.74 Å². The number of nitrogens with zero attached hydrogens (tertiary/aromatic N) is 1. The van der Waals surface area contributed by atoms with Crippen LogP contribution in [0, 0.1) is 5.92 Å². The van der Waals surface area contributed by atoms with E-state index in [1.54, 1.807) is 7.11 Å². The van der Waals surface area contributed by atoms with E-state index in [9.17, 15) is 4.79 Å². The fourth-order valence-electron chi connectivity index (χ4n) is 3.62. The number of carbonyl (C=O) groups excluding carboxylic acids is 1. The monoisotopic (exact) mass is 366 g/mol. The largest absolute Gasteiger partial charge is 0.497 e. The van der Waals surface area contributed by atoms with Gasteiger partial charge in [-0.1, -0.05) is 42.5 Å². The quantitative estimate of drug-likeness (QED) is 0.779. The molecule has 3 rings (SSSR count). The van der Waals surface area contributed by atoms with Crippen LogP contribution in [0.15, 0.2) is 54.6 Å². The lowest BCUT2D eigenvalue weighted by Crippen LogP contribution is -2.41. The second kappa shape index (κ2) is 10.1. The third-order valence-corrected chi connectivity index (χ3v) is 5.39. The molecule has 2 aromatic carbocycles. The van der Waals surface area contributed by atoms with Crippen LogP contribution in [0.2, 0.25) is 0 Å². The van der Waals surface area contributed by atoms with Crippen LogP contribution in [-0.2, 0) is 17.6 Å². The van der Waals surface area contributed by atoms with Gasteiger partial charge in [0.25, 0.3) is 0 Å². The second-order valence-electron chi connectivity index (χ2n) is 7.24. The van der Waals surface area contributed by atoms with Crippen LogP contribution < -0.4 is 10.1 Å². The number of amides is 1. The minimum atomic E-state index is 0.161. The van der Waals surface area contributed by atoms with Crippen LogP contribution in [0.25, 0.3) is 0 Å². The average molecular weight is 367 g/mol. The van der Waals surface area contributed by atoms with Crippen molar-refractivity contribution in [3.8, 4) is 5.75 Å².